The molecular formula is C5H6Cl2N4. The van der Waals surface area contributed by atoms with Crippen molar-refractivity contribution >= 4 is 29.2 Å². The van der Waals surface area contributed by atoms with Crippen LogP contribution in [0.3, 0.4) is 0 Å². The first-order chi connectivity index (χ1) is 5.26. The van der Waals surface area contributed by atoms with E-state index < -0.39 is 0 Å². The third kappa shape index (κ3) is 2.17. The van der Waals surface area contributed by atoms with Crippen molar-refractivity contribution in [1.82, 2.24) is 15.0 Å². The van der Waals surface area contributed by atoms with E-state index in [1.807, 2.05) is 0 Å². The summed E-state index contributed by atoms with van der Waals surface area (Å²) in [5.41, 5.74) is 5.33. The summed E-state index contributed by atoms with van der Waals surface area (Å²) in [6, 6.07) is 0. The molecule has 0 aromatic carbocycles. The number of nitrogen functional groups attached to an aromatic ring is 1. The van der Waals surface area contributed by atoms with Gasteiger partial charge in [-0.05, 0) is 0 Å². The number of nitrogens with two attached hydrogens (primary N) is 1. The van der Waals surface area contributed by atoms with Crippen LogP contribution in [0.2, 0.25) is 0 Å². The number of aromatic nitrogens is 3. The normalized spacial score (nSPS) is 10.0. The van der Waals surface area contributed by atoms with E-state index in [1.165, 1.54) is 0 Å². The van der Waals surface area contributed by atoms with Gasteiger partial charge in [0.2, 0.25) is 5.95 Å². The minimum atomic E-state index is 0.159. The molecule has 0 aliphatic carbocycles. The van der Waals surface area contributed by atoms with E-state index in [1.54, 1.807) is 0 Å². The van der Waals surface area contributed by atoms with Gasteiger partial charge in [-0.1, -0.05) is 0 Å². The van der Waals surface area contributed by atoms with Crippen molar-refractivity contribution in [2.24, 2.45) is 0 Å². The molecule has 1 rings (SSSR count). The molecule has 1 heterocycles. The average Bonchev–Trinajstić information content (AvgIpc) is 2.03. The number of rotatable bonds is 2. The zero-order valence-corrected chi connectivity index (χ0v) is 7.10. The molecule has 0 amide bonds. The van der Waals surface area contributed by atoms with Gasteiger partial charge in [0.25, 0.3) is 0 Å². The van der Waals surface area contributed by atoms with Crippen molar-refractivity contribution in [3.05, 3.63) is 11.6 Å². The van der Waals surface area contributed by atoms with Crippen LogP contribution in [0.15, 0.2) is 0 Å². The zero-order chi connectivity index (χ0) is 8.27. The van der Waals surface area contributed by atoms with E-state index in [0.29, 0.717) is 11.6 Å². The molecule has 0 unspecified atom stereocenters. The van der Waals surface area contributed by atoms with E-state index in [4.69, 9.17) is 28.9 Å². The summed E-state index contributed by atoms with van der Waals surface area (Å²) < 4.78 is 0. The minimum Gasteiger partial charge on any atom is -0.368 e. The number of nitrogens with zero attached hydrogens (tertiary/aromatic N) is 3. The second-order valence-electron chi connectivity index (χ2n) is 1.79. The van der Waals surface area contributed by atoms with Gasteiger partial charge in [-0.3, -0.25) is 0 Å². The maximum Gasteiger partial charge on any atom is 0.223 e. The smallest absolute Gasteiger partial charge is 0.223 e. The van der Waals surface area contributed by atoms with Crippen LogP contribution in [0.5, 0.6) is 0 Å². The number of halogens is 2. The molecular weight excluding hydrogens is 187 g/mol. The van der Waals surface area contributed by atoms with Crippen molar-refractivity contribution < 1.29 is 0 Å². The van der Waals surface area contributed by atoms with Gasteiger partial charge >= 0.3 is 0 Å². The Morgan fingerprint density at radius 3 is 1.82 bits per heavy atom. The molecule has 0 bridgehead atoms. The highest BCUT2D eigenvalue weighted by Gasteiger charge is 2.00. The summed E-state index contributed by atoms with van der Waals surface area (Å²) in [6.45, 7) is 0. The van der Waals surface area contributed by atoms with Crippen molar-refractivity contribution in [3.8, 4) is 0 Å². The van der Waals surface area contributed by atoms with Crippen molar-refractivity contribution in [3.63, 3.8) is 0 Å². The molecule has 0 fully saturated rings. The second-order valence-corrected chi connectivity index (χ2v) is 2.33. The molecule has 1 aromatic heterocycles. The van der Waals surface area contributed by atoms with E-state index in [2.05, 4.69) is 15.0 Å². The number of hydrogen-bond donors (Lipinski definition) is 1. The monoisotopic (exact) mass is 192 g/mol. The Morgan fingerprint density at radius 1 is 1.00 bits per heavy atom. The lowest BCUT2D eigenvalue weighted by Gasteiger charge is -1.98. The SMILES string of the molecule is Nc1nc(CCl)nc(CCl)n1. The Bertz CT molecular complexity index is 230. The molecule has 11 heavy (non-hydrogen) atoms. The average molecular weight is 193 g/mol. The maximum atomic E-state index is 5.48. The molecule has 6 heteroatoms. The van der Waals surface area contributed by atoms with Crippen LogP contribution >= 0.6 is 23.2 Å². The number of anilines is 1. The van der Waals surface area contributed by atoms with Gasteiger partial charge < -0.3 is 5.73 Å². The second kappa shape index (κ2) is 3.69. The molecule has 0 atom stereocenters. The Balaban J connectivity index is 3.02. The van der Waals surface area contributed by atoms with Crippen LogP contribution in [0.1, 0.15) is 11.6 Å². The third-order valence-corrected chi connectivity index (χ3v) is 1.46. The van der Waals surface area contributed by atoms with Crippen molar-refractivity contribution in [1.29, 1.82) is 0 Å². The van der Waals surface area contributed by atoms with Crippen LogP contribution in [0, 0.1) is 0 Å². The van der Waals surface area contributed by atoms with Gasteiger partial charge in [0.1, 0.15) is 11.6 Å². The summed E-state index contributed by atoms with van der Waals surface area (Å²) in [7, 11) is 0. The topological polar surface area (TPSA) is 64.7 Å². The predicted molar refractivity (Wildman–Crippen MR) is 43.4 cm³/mol. The summed E-state index contributed by atoms with van der Waals surface area (Å²) in [5.74, 6) is 1.50. The van der Waals surface area contributed by atoms with E-state index in [0.717, 1.165) is 0 Å². The van der Waals surface area contributed by atoms with Crippen LogP contribution in [0.25, 0.3) is 0 Å². The van der Waals surface area contributed by atoms with Crippen molar-refractivity contribution in [2.45, 2.75) is 11.8 Å². The summed E-state index contributed by atoms with van der Waals surface area (Å²) >= 11 is 11.0. The van der Waals surface area contributed by atoms with Crippen LogP contribution in [-0.4, -0.2) is 15.0 Å². The lowest BCUT2D eigenvalue weighted by molar-refractivity contribution is 0.910. The molecule has 0 aliphatic rings. The standard InChI is InChI=1S/C5H6Cl2N4/c6-1-3-9-4(2-7)11-5(8)10-3/h1-2H2,(H2,8,9,10,11). The zero-order valence-electron chi connectivity index (χ0n) is 5.59. The Morgan fingerprint density at radius 2 is 1.45 bits per heavy atom. The van der Waals surface area contributed by atoms with Gasteiger partial charge in [-0.15, -0.1) is 23.2 Å². The highest BCUT2D eigenvalue weighted by Crippen LogP contribution is 2.02. The van der Waals surface area contributed by atoms with Crippen LogP contribution < -0.4 is 5.73 Å². The fourth-order valence-electron chi connectivity index (χ4n) is 0.608. The molecule has 0 radical (unpaired) electrons. The Kier molecular flexibility index (Phi) is 2.84. The quantitative estimate of drug-likeness (QED) is 0.709. The van der Waals surface area contributed by atoms with Crippen LogP contribution in [0.4, 0.5) is 5.95 Å². The Labute approximate surface area is 73.8 Å². The van der Waals surface area contributed by atoms with E-state index >= 15 is 0 Å². The predicted octanol–water partition coefficient (Wildman–Crippen LogP) is 0.931. The molecule has 1 aromatic rings. The first-order valence-electron chi connectivity index (χ1n) is 2.87. The summed E-state index contributed by atoms with van der Waals surface area (Å²) in [5, 5.41) is 0. The number of hydrogen-bond acceptors (Lipinski definition) is 4. The molecule has 4 nitrogen and oxygen atoms in total. The summed E-state index contributed by atoms with van der Waals surface area (Å²) in [6.07, 6.45) is 0. The van der Waals surface area contributed by atoms with Gasteiger partial charge in [0, 0.05) is 0 Å². The molecule has 0 spiro atoms. The molecule has 60 valence electrons. The van der Waals surface area contributed by atoms with Crippen LogP contribution in [-0.2, 0) is 11.8 Å². The molecule has 0 saturated carbocycles. The molecule has 0 aliphatic heterocycles. The van der Waals surface area contributed by atoms with Gasteiger partial charge in [-0.2, -0.15) is 9.97 Å². The van der Waals surface area contributed by atoms with E-state index in [-0.39, 0.29) is 17.7 Å². The Hall–Kier alpha value is -0.610. The van der Waals surface area contributed by atoms with Gasteiger partial charge in [0.15, 0.2) is 0 Å². The highest BCUT2D eigenvalue weighted by molar-refractivity contribution is 6.17. The largest absolute Gasteiger partial charge is 0.368 e. The van der Waals surface area contributed by atoms with Gasteiger partial charge in [0.05, 0.1) is 11.8 Å². The third-order valence-electron chi connectivity index (χ3n) is 0.984. The van der Waals surface area contributed by atoms with Crippen molar-refractivity contribution in [2.75, 3.05) is 5.73 Å². The first-order valence-corrected chi connectivity index (χ1v) is 3.94. The fourth-order valence-corrected chi connectivity index (χ4v) is 0.847. The highest BCUT2D eigenvalue weighted by atomic mass is 35.5. The lowest BCUT2D eigenvalue weighted by atomic mass is 10.6. The lowest BCUT2D eigenvalue weighted by Crippen LogP contribution is -2.04. The maximum absolute atomic E-state index is 5.48. The number of alkyl halides is 2. The molecule has 2 N–H and O–H groups in total. The first kappa shape index (κ1) is 8.49. The minimum absolute atomic E-state index is 0.159. The molecule has 0 saturated heterocycles. The van der Waals surface area contributed by atoms with E-state index in [9.17, 15) is 0 Å². The van der Waals surface area contributed by atoms with Gasteiger partial charge in [-0.25, -0.2) is 4.98 Å². The summed E-state index contributed by atoms with van der Waals surface area (Å²) in [4.78, 5) is 11.4. The fraction of sp³-hybridized carbons (Fsp3) is 0.400.